The molecule has 0 unspecified atom stereocenters. The molecule has 0 spiro atoms. The Labute approximate surface area is 176 Å². The maximum atomic E-state index is 14.1. The highest BCUT2D eigenvalue weighted by atomic mass is 19.1. The third-order valence-electron chi connectivity index (χ3n) is 5.04. The molecule has 31 heavy (non-hydrogen) atoms. The van der Waals surface area contributed by atoms with E-state index in [-0.39, 0.29) is 25.5 Å². The molecule has 8 nitrogen and oxygen atoms in total. The van der Waals surface area contributed by atoms with Gasteiger partial charge in [0.05, 0.1) is 24.5 Å². The second-order valence-electron chi connectivity index (χ2n) is 6.92. The van der Waals surface area contributed by atoms with Crippen LogP contribution in [0.25, 0.3) is 17.1 Å². The molecule has 1 aliphatic rings. The number of halogens is 1. The quantitative estimate of drug-likeness (QED) is 0.406. The van der Waals surface area contributed by atoms with Crippen molar-refractivity contribution in [3.8, 4) is 22.8 Å². The van der Waals surface area contributed by atoms with Crippen LogP contribution in [0.3, 0.4) is 0 Å². The average Bonchev–Trinajstić information content (AvgIpc) is 3.35. The Morgan fingerprint density at radius 1 is 1.16 bits per heavy atom. The molecule has 0 fully saturated rings. The highest BCUT2D eigenvalue weighted by molar-refractivity contribution is 5.89. The summed E-state index contributed by atoms with van der Waals surface area (Å²) in [5.41, 5.74) is 2.01. The summed E-state index contributed by atoms with van der Waals surface area (Å²) in [5, 5.41) is 8.57. The van der Waals surface area contributed by atoms with E-state index in [2.05, 4.69) is 15.2 Å². The fraction of sp³-hybridized carbons (Fsp3) is 0.182. The largest absolute Gasteiger partial charge is 0.486 e. The molecule has 9 heteroatoms. The Balaban J connectivity index is 1.61. The maximum absolute atomic E-state index is 14.1. The molecule has 0 saturated carbocycles. The van der Waals surface area contributed by atoms with Crippen LogP contribution in [0.2, 0.25) is 0 Å². The number of imidazole rings is 1. The number of hydrogen-bond donors (Lipinski definition) is 0. The number of para-hydroxylation sites is 1. The number of nitrogens with zero attached hydrogens (tertiary/aromatic N) is 5. The number of carbonyl (C=O) groups excluding carboxylic acids is 1. The lowest BCUT2D eigenvalue weighted by atomic mass is 10.1. The van der Waals surface area contributed by atoms with Gasteiger partial charge in [-0.3, -0.25) is 4.57 Å². The van der Waals surface area contributed by atoms with Crippen molar-refractivity contribution in [1.82, 2.24) is 24.3 Å². The molecule has 0 N–H and O–H groups in total. The lowest BCUT2D eigenvalue weighted by molar-refractivity contribution is 0.0518. The summed E-state index contributed by atoms with van der Waals surface area (Å²) in [4.78, 5) is 16.7. The second-order valence-corrected chi connectivity index (χ2v) is 6.92. The normalized spacial score (nSPS) is 11.8. The van der Waals surface area contributed by atoms with Crippen LogP contribution in [0.5, 0.6) is 5.75 Å². The highest BCUT2D eigenvalue weighted by Crippen LogP contribution is 2.33. The minimum absolute atomic E-state index is 0.157. The molecule has 0 bridgehead atoms. The molecule has 3 heterocycles. The molecule has 0 radical (unpaired) electrons. The zero-order valence-corrected chi connectivity index (χ0v) is 16.7. The first-order chi connectivity index (χ1) is 15.2. The van der Waals surface area contributed by atoms with E-state index in [9.17, 15) is 9.18 Å². The van der Waals surface area contributed by atoms with Crippen LogP contribution in [-0.4, -0.2) is 36.9 Å². The van der Waals surface area contributed by atoms with Crippen molar-refractivity contribution in [2.75, 3.05) is 6.61 Å². The molecule has 0 saturated heterocycles. The van der Waals surface area contributed by atoms with Gasteiger partial charge in [-0.25, -0.2) is 14.2 Å². The van der Waals surface area contributed by atoms with Crippen LogP contribution in [-0.2, 0) is 17.9 Å². The van der Waals surface area contributed by atoms with Gasteiger partial charge in [0, 0.05) is 5.56 Å². The Morgan fingerprint density at radius 2 is 2.00 bits per heavy atom. The van der Waals surface area contributed by atoms with Crippen molar-refractivity contribution in [2.45, 2.75) is 20.1 Å². The molecule has 0 atom stereocenters. The lowest BCUT2D eigenvalue weighted by Crippen LogP contribution is -2.14. The van der Waals surface area contributed by atoms with E-state index in [1.807, 2.05) is 34.9 Å². The summed E-state index contributed by atoms with van der Waals surface area (Å²) in [6.07, 6.45) is 1.54. The molecular weight excluding hydrogens is 401 g/mol. The van der Waals surface area contributed by atoms with Gasteiger partial charge in [0.25, 0.3) is 0 Å². The minimum atomic E-state index is -0.515. The van der Waals surface area contributed by atoms with Gasteiger partial charge >= 0.3 is 5.97 Å². The Kier molecular flexibility index (Phi) is 4.70. The summed E-state index contributed by atoms with van der Waals surface area (Å²) >= 11 is 0. The first-order valence-corrected chi connectivity index (χ1v) is 9.79. The van der Waals surface area contributed by atoms with Crippen molar-refractivity contribution < 1.29 is 18.7 Å². The third kappa shape index (κ3) is 3.33. The van der Waals surface area contributed by atoms with E-state index < -0.39 is 11.8 Å². The first-order valence-electron chi connectivity index (χ1n) is 9.79. The zero-order chi connectivity index (χ0) is 21.4. The Bertz CT molecular complexity index is 1270. The van der Waals surface area contributed by atoms with E-state index in [4.69, 9.17) is 9.47 Å². The SMILES string of the molecule is CCOC(=O)c1ncn2c1Cn1c(COc3ccccc3)nnc1-c1cc(F)ccc1-2. The van der Waals surface area contributed by atoms with Crippen molar-refractivity contribution in [1.29, 1.82) is 0 Å². The molecule has 0 aliphatic carbocycles. The topological polar surface area (TPSA) is 84.1 Å². The second kappa shape index (κ2) is 7.67. The van der Waals surface area contributed by atoms with Gasteiger partial charge in [0.1, 0.15) is 24.5 Å². The van der Waals surface area contributed by atoms with Crippen molar-refractivity contribution in [3.05, 3.63) is 77.9 Å². The number of rotatable bonds is 5. The fourth-order valence-electron chi connectivity index (χ4n) is 3.62. The smallest absolute Gasteiger partial charge is 0.358 e. The fourth-order valence-corrected chi connectivity index (χ4v) is 3.62. The number of aromatic nitrogens is 5. The van der Waals surface area contributed by atoms with E-state index >= 15 is 0 Å². The van der Waals surface area contributed by atoms with Crippen molar-refractivity contribution in [3.63, 3.8) is 0 Å². The molecule has 1 aliphatic heterocycles. The van der Waals surface area contributed by atoms with Gasteiger partial charge in [0.15, 0.2) is 17.3 Å². The molecule has 0 amide bonds. The summed E-state index contributed by atoms with van der Waals surface area (Å²) in [6.45, 7) is 2.38. The summed E-state index contributed by atoms with van der Waals surface area (Å²) in [5.74, 6) is 0.804. The Morgan fingerprint density at radius 3 is 2.81 bits per heavy atom. The predicted octanol–water partition coefficient (Wildman–Crippen LogP) is 3.39. The number of benzene rings is 2. The summed E-state index contributed by atoms with van der Waals surface area (Å²) in [7, 11) is 0. The molecular formula is C22H18FN5O3. The van der Waals surface area contributed by atoms with Gasteiger partial charge < -0.3 is 14.0 Å². The Hall–Kier alpha value is -4.01. The lowest BCUT2D eigenvalue weighted by Gasteiger charge is -2.10. The van der Waals surface area contributed by atoms with Crippen LogP contribution in [0, 0.1) is 5.82 Å². The van der Waals surface area contributed by atoms with Gasteiger partial charge in [-0.05, 0) is 37.3 Å². The molecule has 5 rings (SSSR count). The van der Waals surface area contributed by atoms with Crippen molar-refractivity contribution >= 4 is 5.97 Å². The maximum Gasteiger partial charge on any atom is 0.358 e. The number of esters is 1. The van der Waals surface area contributed by atoms with Crippen LogP contribution < -0.4 is 4.74 Å². The number of ether oxygens (including phenoxy) is 2. The molecule has 4 aromatic rings. The first kappa shape index (κ1) is 19.0. The van der Waals surface area contributed by atoms with E-state index in [0.717, 1.165) is 0 Å². The van der Waals surface area contributed by atoms with E-state index in [0.29, 0.717) is 34.3 Å². The van der Waals surface area contributed by atoms with Crippen LogP contribution in [0.1, 0.15) is 28.9 Å². The monoisotopic (exact) mass is 419 g/mol. The number of hydrogen-bond acceptors (Lipinski definition) is 6. The third-order valence-corrected chi connectivity index (χ3v) is 5.04. The van der Waals surface area contributed by atoms with E-state index in [1.165, 1.54) is 12.1 Å². The molecule has 2 aromatic carbocycles. The predicted molar refractivity (Wildman–Crippen MR) is 108 cm³/mol. The standard InChI is InChI=1S/C22H18FN5O3/c1-2-30-22(29)20-18-11-27-19(12-31-15-6-4-3-5-7-15)25-26-21(27)16-10-14(23)8-9-17(16)28(18)13-24-20/h3-10,13H,2,11-12H2,1H3. The van der Waals surface area contributed by atoms with Gasteiger partial charge in [-0.2, -0.15) is 0 Å². The van der Waals surface area contributed by atoms with Crippen molar-refractivity contribution in [2.24, 2.45) is 0 Å². The van der Waals surface area contributed by atoms with Crippen LogP contribution in [0.15, 0.2) is 54.9 Å². The van der Waals surface area contributed by atoms with E-state index in [1.54, 1.807) is 23.9 Å². The average molecular weight is 419 g/mol. The minimum Gasteiger partial charge on any atom is -0.486 e. The van der Waals surface area contributed by atoms with Gasteiger partial charge in [-0.15, -0.1) is 10.2 Å². The zero-order valence-electron chi connectivity index (χ0n) is 16.7. The highest BCUT2D eigenvalue weighted by Gasteiger charge is 2.28. The van der Waals surface area contributed by atoms with Crippen LogP contribution >= 0.6 is 0 Å². The molecule has 156 valence electrons. The van der Waals surface area contributed by atoms with Gasteiger partial charge in [-0.1, -0.05) is 18.2 Å². The number of carbonyl (C=O) groups is 1. The summed E-state index contributed by atoms with van der Waals surface area (Å²) < 4.78 is 28.7. The van der Waals surface area contributed by atoms with Crippen LogP contribution in [0.4, 0.5) is 4.39 Å². The number of fused-ring (bicyclic) bond motifs is 5. The van der Waals surface area contributed by atoms with Gasteiger partial charge in [0.2, 0.25) is 0 Å². The molecule has 2 aromatic heterocycles. The summed E-state index contributed by atoms with van der Waals surface area (Å²) in [6, 6.07) is 13.7.